The first-order valence-electron chi connectivity index (χ1n) is 7.85. The van der Waals surface area contributed by atoms with E-state index in [9.17, 15) is 0 Å². The molecule has 2 fully saturated rings. The number of hydrogen-bond acceptors (Lipinski definition) is 3. The summed E-state index contributed by atoms with van der Waals surface area (Å²) in [6.45, 7) is 3.32. The lowest BCUT2D eigenvalue weighted by molar-refractivity contribution is 0.334. The second kappa shape index (κ2) is 5.32. The van der Waals surface area contributed by atoms with Gasteiger partial charge in [-0.2, -0.15) is 0 Å². The Morgan fingerprint density at radius 3 is 2.80 bits per heavy atom. The molecule has 5 unspecified atom stereocenters. The van der Waals surface area contributed by atoms with E-state index in [-0.39, 0.29) is 0 Å². The Balaban J connectivity index is 1.48. The van der Waals surface area contributed by atoms with E-state index in [0.29, 0.717) is 24.0 Å². The van der Waals surface area contributed by atoms with Crippen LogP contribution in [0.25, 0.3) is 0 Å². The molecule has 3 heteroatoms. The van der Waals surface area contributed by atoms with Crippen molar-refractivity contribution in [1.29, 1.82) is 0 Å². The molecule has 0 aromatic heterocycles. The Morgan fingerprint density at radius 2 is 1.85 bits per heavy atom. The summed E-state index contributed by atoms with van der Waals surface area (Å²) in [5.41, 5.74) is 1.47. The van der Waals surface area contributed by atoms with Gasteiger partial charge in [0.1, 0.15) is 0 Å². The largest absolute Gasteiger partial charge is 0.316 e. The van der Waals surface area contributed by atoms with Gasteiger partial charge in [0, 0.05) is 31.2 Å². The van der Waals surface area contributed by atoms with Crippen LogP contribution in [0.4, 0.5) is 0 Å². The fourth-order valence-corrected chi connectivity index (χ4v) is 3.81. The minimum absolute atomic E-state index is 0.429. The highest BCUT2D eigenvalue weighted by Gasteiger charge is 2.31. The van der Waals surface area contributed by atoms with E-state index in [1.807, 2.05) is 0 Å². The van der Waals surface area contributed by atoms with Crippen molar-refractivity contribution >= 4 is 0 Å². The number of hydrogen-bond donors (Lipinski definition) is 3. The van der Waals surface area contributed by atoms with Gasteiger partial charge < -0.3 is 16.0 Å². The molecule has 106 valence electrons. The van der Waals surface area contributed by atoms with Gasteiger partial charge in [-0.1, -0.05) is 42.5 Å². The van der Waals surface area contributed by atoms with Crippen molar-refractivity contribution in [2.45, 2.75) is 24.5 Å². The molecule has 0 aromatic rings. The second-order valence-electron chi connectivity index (χ2n) is 6.30. The van der Waals surface area contributed by atoms with Crippen molar-refractivity contribution in [3.63, 3.8) is 0 Å². The van der Waals surface area contributed by atoms with Crippen molar-refractivity contribution in [2.24, 2.45) is 11.8 Å². The standard InChI is InChI=1S/C17H23N3/c1-2-4-16-15(3-1)19-11-17(20-16)13-5-6-14-10-18-8-7-12(14)9-13/h1-6,9,12,14-20H,7-8,10-11H2. The van der Waals surface area contributed by atoms with Gasteiger partial charge in [0.25, 0.3) is 0 Å². The summed E-state index contributed by atoms with van der Waals surface area (Å²) in [5, 5.41) is 10.9. The molecular weight excluding hydrogens is 246 g/mol. The predicted molar refractivity (Wildman–Crippen MR) is 82.5 cm³/mol. The molecular formula is C17H23N3. The van der Waals surface area contributed by atoms with Crippen LogP contribution >= 0.6 is 0 Å². The summed E-state index contributed by atoms with van der Waals surface area (Å²) in [6.07, 6.45) is 17.3. The van der Waals surface area contributed by atoms with Crippen LogP contribution < -0.4 is 16.0 Å². The van der Waals surface area contributed by atoms with Gasteiger partial charge in [-0.25, -0.2) is 0 Å². The van der Waals surface area contributed by atoms with Gasteiger partial charge in [-0.3, -0.25) is 0 Å². The van der Waals surface area contributed by atoms with Crippen LogP contribution in [0.1, 0.15) is 6.42 Å². The van der Waals surface area contributed by atoms with Crippen LogP contribution in [-0.2, 0) is 0 Å². The van der Waals surface area contributed by atoms with Crippen molar-refractivity contribution in [1.82, 2.24) is 16.0 Å². The normalized spacial score (nSPS) is 42.8. The molecule has 2 aliphatic carbocycles. The smallest absolute Gasteiger partial charge is 0.0450 e. The lowest BCUT2D eigenvalue weighted by Crippen LogP contribution is -2.60. The van der Waals surface area contributed by atoms with Gasteiger partial charge in [0.15, 0.2) is 0 Å². The average molecular weight is 269 g/mol. The maximum absolute atomic E-state index is 3.78. The third-order valence-corrected chi connectivity index (χ3v) is 5.02. The molecule has 2 saturated heterocycles. The van der Waals surface area contributed by atoms with E-state index in [0.717, 1.165) is 25.6 Å². The molecule has 0 aromatic carbocycles. The van der Waals surface area contributed by atoms with Crippen LogP contribution in [0.5, 0.6) is 0 Å². The van der Waals surface area contributed by atoms with Crippen LogP contribution in [0.2, 0.25) is 0 Å². The molecule has 5 atom stereocenters. The molecule has 2 aliphatic heterocycles. The predicted octanol–water partition coefficient (Wildman–Crippen LogP) is 1.13. The summed E-state index contributed by atoms with van der Waals surface area (Å²) in [4.78, 5) is 0. The highest BCUT2D eigenvalue weighted by molar-refractivity contribution is 5.34. The highest BCUT2D eigenvalue weighted by Crippen LogP contribution is 2.29. The van der Waals surface area contributed by atoms with Crippen LogP contribution in [0, 0.1) is 11.8 Å². The number of rotatable bonds is 1. The monoisotopic (exact) mass is 269 g/mol. The molecule has 0 amide bonds. The third kappa shape index (κ3) is 2.30. The van der Waals surface area contributed by atoms with Gasteiger partial charge in [-0.05, 0) is 30.4 Å². The Morgan fingerprint density at radius 1 is 0.950 bits per heavy atom. The molecule has 4 aliphatic rings. The van der Waals surface area contributed by atoms with Crippen molar-refractivity contribution in [3.8, 4) is 0 Å². The summed E-state index contributed by atoms with van der Waals surface area (Å²) >= 11 is 0. The Hall–Kier alpha value is -1.16. The Bertz CT molecular complexity index is 488. The van der Waals surface area contributed by atoms with E-state index >= 15 is 0 Å². The molecule has 2 heterocycles. The van der Waals surface area contributed by atoms with E-state index in [2.05, 4.69) is 58.5 Å². The molecule has 0 radical (unpaired) electrons. The minimum Gasteiger partial charge on any atom is -0.316 e. The Kier molecular flexibility index (Phi) is 3.34. The van der Waals surface area contributed by atoms with Crippen LogP contribution in [-0.4, -0.2) is 37.8 Å². The summed E-state index contributed by atoms with van der Waals surface area (Å²) < 4.78 is 0. The zero-order valence-corrected chi connectivity index (χ0v) is 11.8. The van der Waals surface area contributed by atoms with Crippen molar-refractivity contribution in [2.75, 3.05) is 19.6 Å². The quantitative estimate of drug-likeness (QED) is 0.668. The fourth-order valence-electron chi connectivity index (χ4n) is 3.81. The zero-order valence-electron chi connectivity index (χ0n) is 11.8. The number of fused-ring (bicyclic) bond motifs is 2. The number of nitrogens with one attached hydrogen (secondary N) is 3. The van der Waals surface area contributed by atoms with Crippen molar-refractivity contribution in [3.05, 3.63) is 48.1 Å². The average Bonchev–Trinajstić information content (AvgIpc) is 2.54. The SMILES string of the molecule is C1=CC2NCC(C3=CC4CCNCC4C=C3)NC2C=C1. The highest BCUT2D eigenvalue weighted by atomic mass is 15.1. The van der Waals surface area contributed by atoms with E-state index in [4.69, 9.17) is 0 Å². The zero-order chi connectivity index (χ0) is 13.4. The number of piperazine rings is 1. The molecule has 20 heavy (non-hydrogen) atoms. The molecule has 4 rings (SSSR count). The summed E-state index contributed by atoms with van der Waals surface area (Å²) in [5.74, 6) is 1.44. The van der Waals surface area contributed by atoms with Crippen LogP contribution in [0.3, 0.4) is 0 Å². The molecule has 3 N–H and O–H groups in total. The molecule has 0 saturated carbocycles. The lowest BCUT2D eigenvalue weighted by atomic mass is 9.79. The minimum atomic E-state index is 0.429. The lowest BCUT2D eigenvalue weighted by Gasteiger charge is -2.39. The third-order valence-electron chi connectivity index (χ3n) is 5.02. The molecule has 0 bridgehead atoms. The fraction of sp³-hybridized carbons (Fsp3) is 0.529. The maximum Gasteiger partial charge on any atom is 0.0450 e. The number of piperidine rings is 1. The summed E-state index contributed by atoms with van der Waals surface area (Å²) in [7, 11) is 0. The molecule has 3 nitrogen and oxygen atoms in total. The van der Waals surface area contributed by atoms with Gasteiger partial charge in [0.05, 0.1) is 0 Å². The van der Waals surface area contributed by atoms with Crippen molar-refractivity contribution < 1.29 is 0 Å². The van der Waals surface area contributed by atoms with E-state index < -0.39 is 0 Å². The summed E-state index contributed by atoms with van der Waals surface area (Å²) in [6, 6.07) is 1.33. The first kappa shape index (κ1) is 12.6. The first-order chi connectivity index (χ1) is 9.90. The second-order valence-corrected chi connectivity index (χ2v) is 6.30. The topological polar surface area (TPSA) is 36.1 Å². The van der Waals surface area contributed by atoms with Gasteiger partial charge >= 0.3 is 0 Å². The first-order valence-corrected chi connectivity index (χ1v) is 7.85. The maximum atomic E-state index is 3.78. The molecule has 0 spiro atoms. The van der Waals surface area contributed by atoms with Gasteiger partial charge in [-0.15, -0.1) is 0 Å². The number of allylic oxidation sites excluding steroid dienone is 3. The van der Waals surface area contributed by atoms with Gasteiger partial charge in [0.2, 0.25) is 0 Å². The Labute approximate surface area is 120 Å². The van der Waals surface area contributed by atoms with E-state index in [1.54, 1.807) is 0 Å². The van der Waals surface area contributed by atoms with E-state index in [1.165, 1.54) is 12.0 Å². The van der Waals surface area contributed by atoms with Crippen LogP contribution in [0.15, 0.2) is 48.1 Å².